The van der Waals surface area contributed by atoms with Gasteiger partial charge in [-0.05, 0) is 31.7 Å². The fourth-order valence-corrected chi connectivity index (χ4v) is 1.68. The quantitative estimate of drug-likeness (QED) is 0.460. The molecule has 0 aliphatic carbocycles. The van der Waals surface area contributed by atoms with Gasteiger partial charge in [-0.15, -0.1) is 0 Å². The van der Waals surface area contributed by atoms with Crippen molar-refractivity contribution in [1.29, 1.82) is 0 Å². The smallest absolute Gasteiger partial charge is 0.298 e. The van der Waals surface area contributed by atoms with Crippen LogP contribution >= 0.6 is 0 Å². The molecule has 0 atom stereocenters. The number of carbonyl (C=O) groups excluding carboxylic acids is 1. The van der Waals surface area contributed by atoms with Crippen molar-refractivity contribution in [1.82, 2.24) is 0 Å². The molecule has 0 fully saturated rings. The Morgan fingerprint density at radius 3 is 2.62 bits per heavy atom. The van der Waals surface area contributed by atoms with Gasteiger partial charge in [0.25, 0.3) is 0 Å². The van der Waals surface area contributed by atoms with Crippen molar-refractivity contribution < 1.29 is 18.0 Å². The lowest BCUT2D eigenvalue weighted by molar-refractivity contribution is -0.0924. The molecule has 0 aromatic heterocycles. The van der Waals surface area contributed by atoms with Crippen molar-refractivity contribution in [2.75, 3.05) is 0 Å². The Bertz CT molecular complexity index is 575. The second-order valence-corrected chi connectivity index (χ2v) is 4.22. The number of aliphatic imine (C=N–C) groups is 2. The second-order valence-electron chi connectivity index (χ2n) is 4.22. The van der Waals surface area contributed by atoms with E-state index in [0.29, 0.717) is 18.3 Å². The molecular weight excluding hydrogens is 281 g/mol. The van der Waals surface area contributed by atoms with Gasteiger partial charge in [-0.25, -0.2) is 9.98 Å². The van der Waals surface area contributed by atoms with Crippen molar-refractivity contribution in [3.8, 4) is 0 Å². The highest BCUT2D eigenvalue weighted by atomic mass is 19.4. The van der Waals surface area contributed by atoms with Crippen LogP contribution in [-0.4, -0.2) is 25.0 Å². The standard InChI is InChI=1S/C15H15F3N2O/c1-3-13(15(16,17)18)20-14(19-2)8-7-11-5-4-6-12(9-11)10-21/h3-6,9-10H,2,7-8H2,1H3/b13-3-,20-14?. The zero-order valence-electron chi connectivity index (χ0n) is 11.5. The number of hydrogen-bond acceptors (Lipinski definition) is 2. The van der Waals surface area contributed by atoms with Gasteiger partial charge in [0.1, 0.15) is 17.8 Å². The van der Waals surface area contributed by atoms with Gasteiger partial charge in [-0.3, -0.25) is 4.79 Å². The predicted molar refractivity (Wildman–Crippen MR) is 76.9 cm³/mol. The molecule has 0 amide bonds. The van der Waals surface area contributed by atoms with Gasteiger partial charge in [0.15, 0.2) is 0 Å². The van der Waals surface area contributed by atoms with E-state index in [2.05, 4.69) is 16.7 Å². The maximum atomic E-state index is 12.6. The lowest BCUT2D eigenvalue weighted by Crippen LogP contribution is -2.12. The monoisotopic (exact) mass is 296 g/mol. The molecule has 0 unspecified atom stereocenters. The third kappa shape index (κ3) is 5.33. The first-order chi connectivity index (χ1) is 9.90. The van der Waals surface area contributed by atoms with Crippen LogP contribution in [0.3, 0.4) is 0 Å². The van der Waals surface area contributed by atoms with Gasteiger partial charge in [0.05, 0.1) is 0 Å². The zero-order chi connectivity index (χ0) is 15.9. The number of carbonyl (C=O) groups is 1. The maximum Gasteiger partial charge on any atom is 0.433 e. The summed E-state index contributed by atoms with van der Waals surface area (Å²) in [6.45, 7) is 4.51. The summed E-state index contributed by atoms with van der Waals surface area (Å²) in [7, 11) is 0. The fourth-order valence-electron chi connectivity index (χ4n) is 1.68. The number of alkyl halides is 3. The highest BCUT2D eigenvalue weighted by Crippen LogP contribution is 2.26. The van der Waals surface area contributed by atoms with Crippen molar-refractivity contribution in [2.24, 2.45) is 9.98 Å². The van der Waals surface area contributed by atoms with E-state index in [1.54, 1.807) is 24.3 Å². The van der Waals surface area contributed by atoms with Gasteiger partial charge < -0.3 is 0 Å². The number of benzene rings is 1. The van der Waals surface area contributed by atoms with E-state index in [9.17, 15) is 18.0 Å². The number of rotatable bonds is 5. The lowest BCUT2D eigenvalue weighted by Gasteiger charge is -2.08. The van der Waals surface area contributed by atoms with Crippen LogP contribution in [0.5, 0.6) is 0 Å². The number of nitrogens with zero attached hydrogens (tertiary/aromatic N) is 2. The third-order valence-corrected chi connectivity index (χ3v) is 2.72. The highest BCUT2D eigenvalue weighted by Gasteiger charge is 2.33. The highest BCUT2D eigenvalue weighted by molar-refractivity contribution is 5.87. The van der Waals surface area contributed by atoms with E-state index in [0.717, 1.165) is 11.6 Å². The van der Waals surface area contributed by atoms with Crippen molar-refractivity contribution in [3.63, 3.8) is 0 Å². The normalized spacial score (nSPS) is 13.1. The van der Waals surface area contributed by atoms with E-state index in [-0.39, 0.29) is 12.3 Å². The minimum Gasteiger partial charge on any atom is -0.298 e. The number of amidine groups is 1. The minimum atomic E-state index is -4.51. The van der Waals surface area contributed by atoms with E-state index >= 15 is 0 Å². The average molecular weight is 296 g/mol. The first kappa shape index (κ1) is 16.8. The summed E-state index contributed by atoms with van der Waals surface area (Å²) in [6, 6.07) is 6.82. The molecule has 0 N–H and O–H groups in total. The van der Waals surface area contributed by atoms with Gasteiger partial charge >= 0.3 is 6.18 Å². The molecule has 0 saturated heterocycles. The fraction of sp³-hybridized carbons (Fsp3) is 0.267. The van der Waals surface area contributed by atoms with Gasteiger partial charge in [0, 0.05) is 12.0 Å². The number of hydrogen-bond donors (Lipinski definition) is 0. The van der Waals surface area contributed by atoms with Crippen LogP contribution in [-0.2, 0) is 6.42 Å². The molecule has 0 bridgehead atoms. The topological polar surface area (TPSA) is 41.8 Å². The van der Waals surface area contributed by atoms with Crippen LogP contribution in [0.4, 0.5) is 13.2 Å². The van der Waals surface area contributed by atoms with Crippen molar-refractivity contribution in [2.45, 2.75) is 25.9 Å². The Kier molecular flexibility index (Phi) is 6.02. The van der Waals surface area contributed by atoms with Crippen LogP contribution in [0.25, 0.3) is 0 Å². The third-order valence-electron chi connectivity index (χ3n) is 2.72. The van der Waals surface area contributed by atoms with Gasteiger partial charge in [-0.2, -0.15) is 13.2 Å². The molecule has 0 saturated carbocycles. The molecule has 1 aromatic rings. The molecule has 1 rings (SSSR count). The molecule has 6 heteroatoms. The summed E-state index contributed by atoms with van der Waals surface area (Å²) in [5.74, 6) is 0.0110. The SMILES string of the molecule is C=NC(CCc1cccc(C=O)c1)=N/C(=C\C)C(F)(F)F. The Balaban J connectivity index is 2.83. The number of aryl methyl sites for hydroxylation is 1. The second kappa shape index (κ2) is 7.52. The summed E-state index contributed by atoms with van der Waals surface area (Å²) in [5.41, 5.74) is 0.346. The lowest BCUT2D eigenvalue weighted by atomic mass is 10.1. The zero-order valence-corrected chi connectivity index (χ0v) is 11.5. The molecule has 112 valence electrons. The molecule has 3 nitrogen and oxygen atoms in total. The number of aldehydes is 1. The van der Waals surface area contributed by atoms with Crippen LogP contribution < -0.4 is 0 Å². The molecule has 1 aromatic carbocycles. The van der Waals surface area contributed by atoms with Crippen LogP contribution in [0.2, 0.25) is 0 Å². The van der Waals surface area contributed by atoms with E-state index < -0.39 is 11.9 Å². The predicted octanol–water partition coefficient (Wildman–Crippen LogP) is 4.00. The van der Waals surface area contributed by atoms with Crippen molar-refractivity contribution in [3.05, 3.63) is 47.2 Å². The molecule has 0 radical (unpaired) electrons. The summed E-state index contributed by atoms with van der Waals surface area (Å²) in [4.78, 5) is 17.7. The maximum absolute atomic E-state index is 12.6. The number of allylic oxidation sites excluding steroid dienone is 2. The minimum absolute atomic E-state index is 0.0110. The number of halogens is 3. The average Bonchev–Trinajstić information content (AvgIpc) is 2.46. The summed E-state index contributed by atoms with van der Waals surface area (Å²) < 4.78 is 37.8. The molecule has 0 heterocycles. The molecule has 0 aliphatic rings. The summed E-state index contributed by atoms with van der Waals surface area (Å²) in [6.07, 6.45) is -2.28. The van der Waals surface area contributed by atoms with Crippen LogP contribution in [0, 0.1) is 0 Å². The molecule has 21 heavy (non-hydrogen) atoms. The largest absolute Gasteiger partial charge is 0.433 e. The van der Waals surface area contributed by atoms with E-state index in [4.69, 9.17) is 0 Å². The Morgan fingerprint density at radius 2 is 2.10 bits per heavy atom. The summed E-state index contributed by atoms with van der Waals surface area (Å²) >= 11 is 0. The first-order valence-corrected chi connectivity index (χ1v) is 6.22. The van der Waals surface area contributed by atoms with E-state index in [1.807, 2.05) is 0 Å². The van der Waals surface area contributed by atoms with E-state index in [1.165, 1.54) is 6.92 Å². The van der Waals surface area contributed by atoms with Crippen LogP contribution in [0.15, 0.2) is 46.0 Å². The molecular formula is C15H15F3N2O. The van der Waals surface area contributed by atoms with Gasteiger partial charge in [-0.1, -0.05) is 24.3 Å². The summed E-state index contributed by atoms with van der Waals surface area (Å²) in [5, 5.41) is 0. The van der Waals surface area contributed by atoms with Crippen LogP contribution in [0.1, 0.15) is 29.3 Å². The van der Waals surface area contributed by atoms with Gasteiger partial charge in [0.2, 0.25) is 0 Å². The first-order valence-electron chi connectivity index (χ1n) is 6.22. The molecule has 0 aliphatic heterocycles. The Hall–Kier alpha value is -2.24. The molecule has 0 spiro atoms. The Morgan fingerprint density at radius 1 is 1.38 bits per heavy atom. The Labute approximate surface area is 120 Å². The van der Waals surface area contributed by atoms with Crippen molar-refractivity contribution >= 4 is 18.8 Å².